The molecule has 0 aliphatic heterocycles. The van der Waals surface area contributed by atoms with E-state index in [4.69, 9.17) is 0 Å². The van der Waals surface area contributed by atoms with Gasteiger partial charge >= 0.3 is 0 Å². The Morgan fingerprint density at radius 1 is 1.19 bits per heavy atom. The zero-order valence-corrected chi connectivity index (χ0v) is 11.6. The zero-order valence-electron chi connectivity index (χ0n) is 11.6. The van der Waals surface area contributed by atoms with E-state index in [0.717, 1.165) is 28.8 Å². The summed E-state index contributed by atoms with van der Waals surface area (Å²) >= 11 is 0. The molecular formula is C15H14F2N2O2. The summed E-state index contributed by atoms with van der Waals surface area (Å²) in [6, 6.07) is 7.30. The molecule has 0 atom stereocenters. The molecule has 2 aromatic rings. The van der Waals surface area contributed by atoms with E-state index in [9.17, 15) is 18.9 Å². The van der Waals surface area contributed by atoms with E-state index in [-0.39, 0.29) is 6.54 Å². The van der Waals surface area contributed by atoms with Gasteiger partial charge in [0.25, 0.3) is 5.69 Å². The summed E-state index contributed by atoms with van der Waals surface area (Å²) in [5.41, 5.74) is 2.01. The van der Waals surface area contributed by atoms with E-state index in [1.54, 1.807) is 0 Å². The molecule has 1 N–H and O–H groups in total. The number of benzene rings is 2. The van der Waals surface area contributed by atoms with Crippen molar-refractivity contribution in [1.29, 1.82) is 0 Å². The molecule has 0 aliphatic rings. The van der Waals surface area contributed by atoms with E-state index >= 15 is 0 Å². The van der Waals surface area contributed by atoms with Gasteiger partial charge in [-0.05, 0) is 36.6 Å². The monoisotopic (exact) mass is 292 g/mol. The topological polar surface area (TPSA) is 55.2 Å². The lowest BCUT2D eigenvalue weighted by atomic mass is 10.0. The smallest absolute Gasteiger partial charge is 0.295 e. The Morgan fingerprint density at radius 3 is 2.57 bits per heavy atom. The Morgan fingerprint density at radius 2 is 1.90 bits per heavy atom. The lowest BCUT2D eigenvalue weighted by molar-refractivity contribution is -0.384. The van der Waals surface area contributed by atoms with Crippen LogP contribution in [-0.2, 0) is 6.54 Å². The molecule has 0 spiro atoms. The van der Waals surface area contributed by atoms with Crippen molar-refractivity contribution >= 4 is 11.4 Å². The number of aryl methyl sites for hydroxylation is 1. The van der Waals surface area contributed by atoms with Crippen molar-refractivity contribution in [3.05, 3.63) is 68.8 Å². The predicted molar refractivity (Wildman–Crippen MR) is 76.3 cm³/mol. The summed E-state index contributed by atoms with van der Waals surface area (Å²) in [5, 5.41) is 13.5. The minimum atomic E-state index is -1.24. The first-order valence-electron chi connectivity index (χ1n) is 6.33. The molecule has 4 nitrogen and oxygen atoms in total. The molecule has 0 aliphatic carbocycles. The number of anilines is 1. The summed E-state index contributed by atoms with van der Waals surface area (Å²) in [6.07, 6.45) is 0. The molecule has 0 radical (unpaired) electrons. The Labute approximate surface area is 120 Å². The first-order valence-corrected chi connectivity index (χ1v) is 6.33. The fraction of sp³-hybridized carbons (Fsp3) is 0.200. The molecule has 0 fully saturated rings. The summed E-state index contributed by atoms with van der Waals surface area (Å²) in [5.74, 6) is -2.36. The maximum absolute atomic E-state index is 13.8. The number of halogens is 2. The molecule has 110 valence electrons. The highest BCUT2D eigenvalue weighted by molar-refractivity contribution is 5.62. The number of rotatable bonds is 4. The van der Waals surface area contributed by atoms with Crippen molar-refractivity contribution in [2.45, 2.75) is 20.4 Å². The van der Waals surface area contributed by atoms with Gasteiger partial charge in [0.1, 0.15) is 0 Å². The quantitative estimate of drug-likeness (QED) is 0.681. The number of nitrogens with one attached hydrogen (secondary N) is 1. The van der Waals surface area contributed by atoms with E-state index in [2.05, 4.69) is 5.32 Å². The Bertz CT molecular complexity index is 702. The van der Waals surface area contributed by atoms with Gasteiger partial charge in [0.15, 0.2) is 17.3 Å². The highest BCUT2D eigenvalue weighted by Gasteiger charge is 2.21. The molecule has 6 heteroatoms. The van der Waals surface area contributed by atoms with Crippen molar-refractivity contribution in [1.82, 2.24) is 0 Å². The van der Waals surface area contributed by atoms with E-state index in [1.807, 2.05) is 32.0 Å². The average Bonchev–Trinajstić information content (AvgIpc) is 2.44. The maximum atomic E-state index is 13.8. The summed E-state index contributed by atoms with van der Waals surface area (Å²) in [6.45, 7) is 4.02. The average molecular weight is 292 g/mol. The first kappa shape index (κ1) is 14.9. The van der Waals surface area contributed by atoms with Crippen LogP contribution in [0.5, 0.6) is 0 Å². The van der Waals surface area contributed by atoms with E-state index in [0.29, 0.717) is 0 Å². The second-order valence-electron chi connectivity index (χ2n) is 4.73. The number of nitro groups is 1. The van der Waals surface area contributed by atoms with Crippen molar-refractivity contribution in [2.75, 3.05) is 5.32 Å². The predicted octanol–water partition coefficient (Wildman–Crippen LogP) is 4.10. The van der Waals surface area contributed by atoms with Crippen molar-refractivity contribution in [3.63, 3.8) is 0 Å². The van der Waals surface area contributed by atoms with Gasteiger partial charge in [0.2, 0.25) is 0 Å². The molecule has 0 bridgehead atoms. The van der Waals surface area contributed by atoms with Crippen LogP contribution in [0.4, 0.5) is 20.2 Å². The van der Waals surface area contributed by atoms with E-state index < -0.39 is 27.9 Å². The molecule has 0 aromatic heterocycles. The summed E-state index contributed by atoms with van der Waals surface area (Å²) < 4.78 is 27.0. The van der Waals surface area contributed by atoms with Crippen molar-refractivity contribution in [3.8, 4) is 0 Å². The maximum Gasteiger partial charge on any atom is 0.295 e. The number of nitro benzene ring substituents is 1. The molecule has 0 saturated heterocycles. The minimum absolute atomic E-state index is 0.175. The Kier molecular flexibility index (Phi) is 4.16. The second kappa shape index (κ2) is 5.87. The standard InChI is InChI=1S/C15H14F2N2O2/c1-9-4-3-5-11(10(9)2)8-18-15-13(19(20)21)7-6-12(16)14(15)17/h3-7,18H,8H2,1-2H3. The van der Waals surface area contributed by atoms with Gasteiger partial charge < -0.3 is 5.32 Å². The van der Waals surface area contributed by atoms with Crippen LogP contribution in [-0.4, -0.2) is 4.92 Å². The van der Waals surface area contributed by atoms with Gasteiger partial charge in [-0.15, -0.1) is 0 Å². The summed E-state index contributed by atoms with van der Waals surface area (Å²) in [4.78, 5) is 10.2. The van der Waals surface area contributed by atoms with Crippen LogP contribution in [0.3, 0.4) is 0 Å². The second-order valence-corrected chi connectivity index (χ2v) is 4.73. The number of nitrogens with zero attached hydrogens (tertiary/aromatic N) is 1. The fourth-order valence-corrected chi connectivity index (χ4v) is 2.05. The third-order valence-corrected chi connectivity index (χ3v) is 3.44. The van der Waals surface area contributed by atoms with Crippen LogP contribution < -0.4 is 5.32 Å². The molecule has 0 unspecified atom stereocenters. The Balaban J connectivity index is 2.33. The molecule has 21 heavy (non-hydrogen) atoms. The molecule has 0 saturated carbocycles. The summed E-state index contributed by atoms with van der Waals surface area (Å²) in [7, 11) is 0. The molecule has 2 rings (SSSR count). The largest absolute Gasteiger partial charge is 0.373 e. The highest BCUT2D eigenvalue weighted by Crippen LogP contribution is 2.29. The van der Waals surface area contributed by atoms with Gasteiger partial charge in [-0.25, -0.2) is 8.78 Å². The number of hydrogen-bond donors (Lipinski definition) is 1. The van der Waals surface area contributed by atoms with Crippen LogP contribution >= 0.6 is 0 Å². The normalized spacial score (nSPS) is 10.5. The molecule has 2 aromatic carbocycles. The van der Waals surface area contributed by atoms with Gasteiger partial charge in [-0.2, -0.15) is 0 Å². The molecule has 0 heterocycles. The van der Waals surface area contributed by atoms with Gasteiger partial charge in [0, 0.05) is 12.6 Å². The van der Waals surface area contributed by atoms with Crippen molar-refractivity contribution < 1.29 is 13.7 Å². The third kappa shape index (κ3) is 2.99. The molecular weight excluding hydrogens is 278 g/mol. The third-order valence-electron chi connectivity index (χ3n) is 3.44. The van der Waals surface area contributed by atoms with Gasteiger partial charge in [-0.3, -0.25) is 10.1 Å². The van der Waals surface area contributed by atoms with Gasteiger partial charge in [0.05, 0.1) is 4.92 Å². The first-order chi connectivity index (χ1) is 9.91. The number of hydrogen-bond acceptors (Lipinski definition) is 3. The van der Waals surface area contributed by atoms with Crippen LogP contribution in [0.1, 0.15) is 16.7 Å². The SMILES string of the molecule is Cc1cccc(CNc2c([N+](=O)[O-])ccc(F)c2F)c1C. The highest BCUT2D eigenvalue weighted by atomic mass is 19.2. The minimum Gasteiger partial charge on any atom is -0.373 e. The molecule has 0 amide bonds. The van der Waals surface area contributed by atoms with Crippen LogP contribution in [0.25, 0.3) is 0 Å². The van der Waals surface area contributed by atoms with Crippen molar-refractivity contribution in [2.24, 2.45) is 0 Å². The van der Waals surface area contributed by atoms with Crippen LogP contribution in [0.15, 0.2) is 30.3 Å². The van der Waals surface area contributed by atoms with Crippen LogP contribution in [0.2, 0.25) is 0 Å². The zero-order chi connectivity index (χ0) is 15.6. The van der Waals surface area contributed by atoms with E-state index in [1.165, 1.54) is 0 Å². The lowest BCUT2D eigenvalue weighted by Crippen LogP contribution is -2.07. The van der Waals surface area contributed by atoms with Crippen LogP contribution in [0, 0.1) is 35.6 Å². The fourth-order valence-electron chi connectivity index (χ4n) is 2.05. The van der Waals surface area contributed by atoms with Gasteiger partial charge in [-0.1, -0.05) is 18.2 Å². The lowest BCUT2D eigenvalue weighted by Gasteiger charge is -2.12. The Hall–Kier alpha value is -2.50.